The first kappa shape index (κ1) is 29.8. The topological polar surface area (TPSA) is 65.5 Å². The summed E-state index contributed by atoms with van der Waals surface area (Å²) in [7, 11) is -6.33. The summed E-state index contributed by atoms with van der Waals surface area (Å²) in [5.41, 5.74) is 0.313. The minimum atomic E-state index is -7.46. The van der Waals surface area contributed by atoms with Crippen molar-refractivity contribution in [3.8, 4) is 22.8 Å². The van der Waals surface area contributed by atoms with Crippen LogP contribution in [0.3, 0.4) is 0 Å². The van der Waals surface area contributed by atoms with Crippen LogP contribution in [0, 0.1) is 0 Å². The quantitative estimate of drug-likeness (QED) is 0.199. The van der Waals surface area contributed by atoms with Crippen LogP contribution in [0.5, 0.6) is 11.5 Å². The average molecular weight is 585 g/mol. The number of nitrogens with zero attached hydrogens (tertiary/aromatic N) is 1. The Bertz CT molecular complexity index is 1440. The molecule has 0 amide bonds. The summed E-state index contributed by atoms with van der Waals surface area (Å²) in [5.74, 6) is -16.9. The molecule has 0 saturated carbocycles. The number of methoxy groups -OCH3 is 1. The van der Waals surface area contributed by atoms with E-state index in [9.17, 15) is 47.9 Å². The van der Waals surface area contributed by atoms with Gasteiger partial charge in [0.25, 0.3) is 0 Å². The molecule has 0 N–H and O–H groups in total. The van der Waals surface area contributed by atoms with Gasteiger partial charge in [-0.1, -0.05) is 66.7 Å². The Morgan fingerprint density at radius 1 is 0.769 bits per heavy atom. The molecule has 0 bridgehead atoms. The van der Waals surface area contributed by atoms with Gasteiger partial charge in [-0.2, -0.15) is 47.9 Å². The molecule has 0 radical (unpaired) electrons. The fraction of sp³-hybridized carbons (Fsp3) is 0.208. The summed E-state index contributed by atoms with van der Waals surface area (Å²) in [5, 5.41) is -7.06. The predicted molar refractivity (Wildman–Crippen MR) is 122 cm³/mol. The zero-order valence-corrected chi connectivity index (χ0v) is 20.2. The maximum Gasteiger partial charge on any atom is 0.460 e. The summed E-state index contributed by atoms with van der Waals surface area (Å²) in [6.45, 7) is 0. The largest absolute Gasteiger partial charge is 0.491 e. The van der Waals surface area contributed by atoms with E-state index in [-0.39, 0.29) is 17.0 Å². The average Bonchev–Trinajstić information content (AvgIpc) is 2.87. The van der Waals surface area contributed by atoms with Crippen LogP contribution in [0.4, 0.5) is 39.5 Å². The van der Waals surface area contributed by atoms with E-state index in [0.717, 1.165) is 7.11 Å². The molecule has 2 aromatic carbocycles. The lowest BCUT2D eigenvalue weighted by molar-refractivity contribution is -0.382. The van der Waals surface area contributed by atoms with E-state index in [1.54, 1.807) is 36.4 Å². The Hall–Kier alpha value is -3.75. The van der Waals surface area contributed by atoms with Gasteiger partial charge in [0, 0.05) is 11.6 Å². The number of hydrogen-bond acceptors (Lipinski definition) is 5. The lowest BCUT2D eigenvalue weighted by Gasteiger charge is -2.32. The van der Waals surface area contributed by atoms with Crippen molar-refractivity contribution in [1.82, 2.24) is 4.98 Å². The van der Waals surface area contributed by atoms with Crippen molar-refractivity contribution < 1.29 is 56.9 Å². The van der Waals surface area contributed by atoms with E-state index < -0.39 is 44.9 Å². The third kappa shape index (κ3) is 5.53. The lowest BCUT2D eigenvalue weighted by atomic mass is 10.1. The number of halogens is 9. The van der Waals surface area contributed by atoms with E-state index in [0.29, 0.717) is 11.6 Å². The molecule has 3 rings (SSSR count). The third-order valence-corrected chi connectivity index (χ3v) is 6.37. The summed E-state index contributed by atoms with van der Waals surface area (Å²) in [6, 6.07) is 16.3. The molecular formula is C24H16F9NO4S. The Morgan fingerprint density at radius 3 is 1.82 bits per heavy atom. The highest BCUT2D eigenvalue weighted by Gasteiger charge is 2.86. The molecule has 0 fully saturated rings. The standard InChI is InChI=1S/C24H16F9NO4S/c1-37-20-18(38-39(35,36)24(32,33)22(27,28)21(25,26)23(29,30)31)14-17(13-12-15-8-4-2-5-9-15)34-19(20)16-10-6-3-7-11-16/h2-14H,1H3/b13-12+. The molecule has 210 valence electrons. The van der Waals surface area contributed by atoms with Gasteiger partial charge in [-0.3, -0.25) is 0 Å². The highest BCUT2D eigenvalue weighted by molar-refractivity contribution is 7.88. The number of rotatable bonds is 9. The van der Waals surface area contributed by atoms with E-state index in [1.165, 1.54) is 36.4 Å². The number of pyridine rings is 1. The second-order valence-corrected chi connectivity index (χ2v) is 9.33. The molecular weight excluding hydrogens is 569 g/mol. The second-order valence-electron chi connectivity index (χ2n) is 7.74. The summed E-state index contributed by atoms with van der Waals surface area (Å²) in [6.07, 6.45) is -4.54. The molecule has 0 unspecified atom stereocenters. The van der Waals surface area contributed by atoms with Gasteiger partial charge in [0.15, 0.2) is 11.5 Å². The molecule has 39 heavy (non-hydrogen) atoms. The number of ether oxygens (including phenoxy) is 1. The van der Waals surface area contributed by atoms with E-state index in [4.69, 9.17) is 4.74 Å². The van der Waals surface area contributed by atoms with Crippen molar-refractivity contribution in [2.75, 3.05) is 7.11 Å². The smallest absolute Gasteiger partial charge is 0.460 e. The molecule has 0 saturated heterocycles. The van der Waals surface area contributed by atoms with Gasteiger partial charge in [-0.15, -0.1) is 0 Å². The van der Waals surface area contributed by atoms with Crippen LogP contribution in [0.2, 0.25) is 0 Å². The Labute approximate surface area is 215 Å². The number of aromatic nitrogens is 1. The molecule has 5 nitrogen and oxygen atoms in total. The fourth-order valence-electron chi connectivity index (χ4n) is 3.10. The molecule has 3 aromatic rings. The van der Waals surface area contributed by atoms with E-state index in [2.05, 4.69) is 9.17 Å². The van der Waals surface area contributed by atoms with Crippen LogP contribution in [0.15, 0.2) is 66.7 Å². The summed E-state index contributed by atoms with van der Waals surface area (Å²) < 4.78 is 154. The van der Waals surface area contributed by atoms with Crippen molar-refractivity contribution in [3.05, 3.63) is 78.0 Å². The highest BCUT2D eigenvalue weighted by atomic mass is 32.2. The van der Waals surface area contributed by atoms with Crippen molar-refractivity contribution in [2.24, 2.45) is 0 Å². The molecule has 0 spiro atoms. The highest BCUT2D eigenvalue weighted by Crippen LogP contribution is 2.55. The summed E-state index contributed by atoms with van der Waals surface area (Å²) >= 11 is 0. The molecule has 1 aromatic heterocycles. The molecule has 0 aliphatic carbocycles. The SMILES string of the molecule is COc1c(OS(=O)(=O)C(F)(F)C(F)(F)C(F)(F)C(F)(F)F)cc(/C=C/c2ccccc2)nc1-c1ccccc1. The molecule has 0 aliphatic rings. The van der Waals surface area contributed by atoms with Crippen molar-refractivity contribution in [2.45, 2.75) is 23.3 Å². The Balaban J connectivity index is 2.18. The van der Waals surface area contributed by atoms with Gasteiger partial charge < -0.3 is 8.92 Å². The van der Waals surface area contributed by atoms with Crippen LogP contribution in [0.1, 0.15) is 11.3 Å². The number of hydrogen-bond donors (Lipinski definition) is 0. The molecule has 0 aliphatic heterocycles. The Kier molecular flexibility index (Phi) is 7.97. The normalized spacial score (nSPS) is 13.5. The summed E-state index contributed by atoms with van der Waals surface area (Å²) in [4.78, 5) is 4.21. The van der Waals surface area contributed by atoms with Crippen molar-refractivity contribution in [1.29, 1.82) is 0 Å². The van der Waals surface area contributed by atoms with Gasteiger partial charge in [-0.25, -0.2) is 4.98 Å². The minimum absolute atomic E-state index is 0.187. The third-order valence-electron chi connectivity index (χ3n) is 5.09. The van der Waals surface area contributed by atoms with Crippen LogP contribution in [-0.4, -0.2) is 43.8 Å². The first-order valence-corrected chi connectivity index (χ1v) is 11.9. The molecule has 0 atom stereocenters. The van der Waals surface area contributed by atoms with Gasteiger partial charge in [-0.05, 0) is 11.6 Å². The van der Waals surface area contributed by atoms with Gasteiger partial charge in [0.05, 0.1) is 12.8 Å². The van der Waals surface area contributed by atoms with Crippen molar-refractivity contribution in [3.63, 3.8) is 0 Å². The van der Waals surface area contributed by atoms with E-state index >= 15 is 0 Å². The molecule has 15 heteroatoms. The minimum Gasteiger partial charge on any atom is -0.491 e. The van der Waals surface area contributed by atoms with Gasteiger partial charge >= 0.3 is 33.4 Å². The Morgan fingerprint density at radius 2 is 1.31 bits per heavy atom. The van der Waals surface area contributed by atoms with Gasteiger partial charge in [0.1, 0.15) is 5.69 Å². The zero-order valence-electron chi connectivity index (χ0n) is 19.4. The zero-order chi connectivity index (χ0) is 29.3. The number of alkyl halides is 9. The first-order valence-electron chi connectivity index (χ1n) is 10.5. The van der Waals surface area contributed by atoms with Gasteiger partial charge in [0.2, 0.25) is 0 Å². The van der Waals surface area contributed by atoms with E-state index in [1.807, 2.05) is 0 Å². The maximum absolute atomic E-state index is 14.3. The second kappa shape index (κ2) is 10.4. The maximum atomic E-state index is 14.3. The van der Waals surface area contributed by atoms with Crippen LogP contribution in [-0.2, 0) is 10.1 Å². The lowest BCUT2D eigenvalue weighted by Crippen LogP contribution is -2.63. The predicted octanol–water partition coefficient (Wildman–Crippen LogP) is 7.06. The van der Waals surface area contributed by atoms with Crippen LogP contribution in [0.25, 0.3) is 23.4 Å². The van der Waals surface area contributed by atoms with Crippen LogP contribution < -0.4 is 8.92 Å². The van der Waals surface area contributed by atoms with Crippen molar-refractivity contribution >= 4 is 22.3 Å². The molecule has 1 heterocycles. The monoisotopic (exact) mass is 585 g/mol. The first-order chi connectivity index (χ1) is 18.0. The number of benzene rings is 2. The van der Waals surface area contributed by atoms with Crippen LogP contribution >= 0.6 is 0 Å². The fourth-order valence-corrected chi connectivity index (χ4v) is 4.01.